The molecule has 3 N–H and O–H groups in total. The fourth-order valence-corrected chi connectivity index (χ4v) is 4.60. The summed E-state index contributed by atoms with van der Waals surface area (Å²) in [6.45, 7) is 17.1. The van der Waals surface area contributed by atoms with E-state index in [4.69, 9.17) is 0 Å². The van der Waals surface area contributed by atoms with Gasteiger partial charge >= 0.3 is 0 Å². The number of halogens is 2. The zero-order chi connectivity index (χ0) is 29.1. The summed E-state index contributed by atoms with van der Waals surface area (Å²) in [5, 5.41) is 5.82. The van der Waals surface area contributed by atoms with Crippen molar-refractivity contribution in [2.45, 2.75) is 98.2 Å². The van der Waals surface area contributed by atoms with E-state index in [9.17, 15) is 18.4 Å². The summed E-state index contributed by atoms with van der Waals surface area (Å²) in [5.41, 5.74) is 1.39. The molecule has 0 radical (unpaired) electrons. The predicted molar refractivity (Wildman–Crippen MR) is 156 cm³/mol. The summed E-state index contributed by atoms with van der Waals surface area (Å²) in [7, 11) is 0. The zero-order valence-electron chi connectivity index (χ0n) is 24.2. The van der Waals surface area contributed by atoms with Crippen molar-refractivity contribution in [1.82, 2.24) is 25.5 Å². The first-order chi connectivity index (χ1) is 18.5. The highest BCUT2D eigenvalue weighted by Crippen LogP contribution is 2.25. The quantitative estimate of drug-likeness (QED) is 0.289. The lowest BCUT2D eigenvalue weighted by atomic mass is 10.0. The number of carbonyl (C=O) groups is 2. The first-order valence-electron chi connectivity index (χ1n) is 14.1. The number of carbonyl (C=O) groups excluding carboxylic acids is 2. The van der Waals surface area contributed by atoms with Crippen molar-refractivity contribution < 1.29 is 21.2 Å². The van der Waals surface area contributed by atoms with E-state index in [2.05, 4.69) is 39.0 Å². The molecular formula is C30H49F2N5O2. The monoisotopic (exact) mass is 549 g/mol. The van der Waals surface area contributed by atoms with Gasteiger partial charge in [-0.3, -0.25) is 9.59 Å². The normalized spacial score (nSPS) is 16.6. The summed E-state index contributed by atoms with van der Waals surface area (Å²) in [5.74, 6) is -1.10. The van der Waals surface area contributed by atoms with Crippen molar-refractivity contribution in [2.24, 2.45) is 5.92 Å². The summed E-state index contributed by atoms with van der Waals surface area (Å²) >= 11 is 0. The Morgan fingerprint density at radius 3 is 2.56 bits per heavy atom. The lowest BCUT2D eigenvalue weighted by molar-refractivity contribution is -0.129. The van der Waals surface area contributed by atoms with Crippen LogP contribution in [0.2, 0.25) is 0 Å². The first kappa shape index (κ1) is 32.0. The Kier molecular flexibility index (Phi) is 12.6. The van der Waals surface area contributed by atoms with Gasteiger partial charge < -0.3 is 20.5 Å². The van der Waals surface area contributed by atoms with Gasteiger partial charge in [-0.1, -0.05) is 34.3 Å². The minimum atomic E-state index is -0.785. The van der Waals surface area contributed by atoms with Crippen LogP contribution in [0.3, 0.4) is 0 Å². The van der Waals surface area contributed by atoms with Crippen molar-refractivity contribution in [3.8, 4) is 11.3 Å². The van der Waals surface area contributed by atoms with Crippen molar-refractivity contribution in [1.29, 1.82) is 0 Å². The second-order valence-electron chi connectivity index (χ2n) is 10.4. The number of nitrogens with zero attached hydrogens (tertiary/aromatic N) is 2. The van der Waals surface area contributed by atoms with E-state index in [1.165, 1.54) is 24.8 Å². The van der Waals surface area contributed by atoms with Gasteiger partial charge in [0.2, 0.25) is 11.8 Å². The Bertz CT molecular complexity index is 1110. The molecule has 7 nitrogen and oxygen atoms in total. The minimum Gasteiger partial charge on any atom is -0.373 e. The van der Waals surface area contributed by atoms with Gasteiger partial charge in [-0.05, 0) is 57.6 Å². The molecule has 0 unspecified atom stereocenters. The predicted octanol–water partition coefficient (Wildman–Crippen LogP) is 6.75. The van der Waals surface area contributed by atoms with Gasteiger partial charge in [0.25, 0.3) is 0 Å². The second kappa shape index (κ2) is 15.4. The summed E-state index contributed by atoms with van der Waals surface area (Å²) < 4.78 is 27.5. The molecule has 1 saturated heterocycles. The Balaban J connectivity index is 0.00000391. The van der Waals surface area contributed by atoms with Crippen molar-refractivity contribution in [2.75, 3.05) is 6.54 Å². The number of rotatable bonds is 11. The van der Waals surface area contributed by atoms with Crippen LogP contribution in [0.15, 0.2) is 36.7 Å². The highest BCUT2D eigenvalue weighted by molar-refractivity contribution is 5.88. The average molecular weight is 550 g/mol. The number of amides is 2. The van der Waals surface area contributed by atoms with Crippen LogP contribution in [-0.4, -0.2) is 45.3 Å². The average Bonchev–Trinajstić information content (AvgIpc) is 3.38. The lowest BCUT2D eigenvalue weighted by Gasteiger charge is -2.37. The van der Waals surface area contributed by atoms with Crippen molar-refractivity contribution >= 4 is 11.8 Å². The maximum Gasteiger partial charge on any atom is 0.243 e. The first-order valence-corrected chi connectivity index (χ1v) is 14.1. The molecule has 3 atom stereocenters. The molecule has 1 aliphatic rings. The Hall–Kier alpha value is -3.23. The van der Waals surface area contributed by atoms with E-state index in [0.717, 1.165) is 37.6 Å². The van der Waals surface area contributed by atoms with E-state index < -0.39 is 23.7 Å². The fourth-order valence-electron chi connectivity index (χ4n) is 4.60. The number of benzene rings is 1. The van der Waals surface area contributed by atoms with Crippen LogP contribution >= 0.6 is 0 Å². The standard InChI is InChI=1S/C28H39F2N5O2.C2H6.2H2/c1-17(2)9-12-26(36)33-24(14-19(4)35-13-7-6-8-18(35)3)28(37)32-20(5)27-31-16-25(34-27)22-11-10-21(29)15-23(22)30;1-2;;/h10-11,15-18,20,24H,4,6-9,12-14H2,1-3,5H3,(H,31,34)(H,32,37)(H,33,36);1-2H3;2*1H/t18-,20+,24+;;;/m1.../s1. The molecule has 0 bridgehead atoms. The van der Waals surface area contributed by atoms with E-state index >= 15 is 0 Å². The molecule has 2 amide bonds. The topological polar surface area (TPSA) is 90.1 Å². The van der Waals surface area contributed by atoms with E-state index in [1.807, 2.05) is 27.7 Å². The number of H-pyrrole nitrogens is 1. The maximum atomic E-state index is 14.2. The van der Waals surface area contributed by atoms with Gasteiger partial charge in [0.1, 0.15) is 23.5 Å². The molecule has 3 rings (SSSR count). The molecule has 1 aliphatic heterocycles. The van der Waals surface area contributed by atoms with E-state index in [1.54, 1.807) is 6.92 Å². The SMILES string of the molecule is C=C(C[C@H](NC(=O)CCC(C)C)C(=O)N[C@@H](C)c1ncc(-c2ccc(F)cc2F)[nH]1)N1CCCC[C@H]1C.CC.[HH].[HH]. The van der Waals surface area contributed by atoms with Crippen LogP contribution < -0.4 is 10.6 Å². The molecule has 1 aromatic carbocycles. The van der Waals surface area contributed by atoms with Crippen molar-refractivity contribution in [3.63, 3.8) is 0 Å². The maximum absolute atomic E-state index is 14.2. The van der Waals surface area contributed by atoms with Crippen molar-refractivity contribution in [3.05, 3.63) is 54.1 Å². The van der Waals surface area contributed by atoms with Gasteiger partial charge in [-0.25, -0.2) is 13.8 Å². The molecule has 2 heterocycles. The largest absolute Gasteiger partial charge is 0.373 e. The molecule has 1 fully saturated rings. The minimum absolute atomic E-state index is 0. The highest BCUT2D eigenvalue weighted by Gasteiger charge is 2.28. The van der Waals surface area contributed by atoms with Gasteiger partial charge in [0.05, 0.1) is 17.9 Å². The fraction of sp³-hybridized carbons (Fsp3) is 0.567. The molecule has 1 aromatic heterocycles. The van der Waals surface area contributed by atoms with Crippen LogP contribution in [0.1, 0.15) is 94.8 Å². The third-order valence-corrected chi connectivity index (χ3v) is 6.84. The summed E-state index contributed by atoms with van der Waals surface area (Å²) in [6.07, 6.45) is 6.14. The summed E-state index contributed by atoms with van der Waals surface area (Å²) in [6, 6.07) is 2.33. The number of hydrogen-bond acceptors (Lipinski definition) is 4. The number of aromatic nitrogens is 2. The van der Waals surface area contributed by atoms with Crippen LogP contribution in [0.4, 0.5) is 8.78 Å². The molecular weight excluding hydrogens is 500 g/mol. The molecule has 0 aliphatic carbocycles. The Morgan fingerprint density at radius 1 is 1.21 bits per heavy atom. The van der Waals surface area contributed by atoms with Gasteiger partial charge in [-0.15, -0.1) is 0 Å². The zero-order valence-corrected chi connectivity index (χ0v) is 24.2. The van der Waals surface area contributed by atoms with Crippen LogP contribution in [0.25, 0.3) is 11.3 Å². The van der Waals surface area contributed by atoms with E-state index in [-0.39, 0.29) is 20.2 Å². The third-order valence-electron chi connectivity index (χ3n) is 6.84. The third kappa shape index (κ3) is 9.48. The second-order valence-corrected chi connectivity index (χ2v) is 10.4. The van der Waals surface area contributed by atoms with Crippen LogP contribution in [-0.2, 0) is 9.59 Å². The van der Waals surface area contributed by atoms with Gasteiger partial charge in [0, 0.05) is 45.6 Å². The molecule has 0 saturated carbocycles. The van der Waals surface area contributed by atoms with Gasteiger partial charge in [0.15, 0.2) is 0 Å². The molecule has 39 heavy (non-hydrogen) atoms. The number of hydrogen-bond donors (Lipinski definition) is 3. The number of piperidine rings is 1. The van der Waals surface area contributed by atoms with E-state index in [0.29, 0.717) is 36.3 Å². The van der Waals surface area contributed by atoms with Gasteiger partial charge in [-0.2, -0.15) is 0 Å². The van der Waals surface area contributed by atoms with Crippen LogP contribution in [0, 0.1) is 17.6 Å². The number of likely N-dealkylation sites (tertiary alicyclic amines) is 1. The highest BCUT2D eigenvalue weighted by atomic mass is 19.1. The number of imidazole rings is 1. The smallest absolute Gasteiger partial charge is 0.243 e. The lowest BCUT2D eigenvalue weighted by Crippen LogP contribution is -2.49. The Morgan fingerprint density at radius 2 is 1.92 bits per heavy atom. The molecule has 220 valence electrons. The summed E-state index contributed by atoms with van der Waals surface area (Å²) in [4.78, 5) is 35.5. The molecule has 2 aromatic rings. The number of aromatic amines is 1. The Labute approximate surface area is 234 Å². The van der Waals surface area contributed by atoms with Crippen LogP contribution in [0.5, 0.6) is 0 Å². The number of nitrogens with one attached hydrogen (secondary N) is 3. The molecule has 9 heteroatoms. The molecule has 0 spiro atoms.